The van der Waals surface area contributed by atoms with Crippen LogP contribution in [0.1, 0.15) is 81.9 Å². The van der Waals surface area contributed by atoms with Gasteiger partial charge in [-0.3, -0.25) is 9.69 Å². The number of rotatable bonds is 6. The SMILES string of the molecule is C[C@H](c1ccc2ccc(OCC3CCC(C(F)(F)F)CC3)c(C(F)(F)F)c2c1)N1C2CCCC1CC(C(=O)O)C2. The van der Waals surface area contributed by atoms with Gasteiger partial charge in [-0.05, 0) is 92.7 Å². The quantitative estimate of drug-likeness (QED) is 0.354. The molecule has 0 radical (unpaired) electrons. The molecule has 220 valence electrons. The molecule has 2 aliphatic heterocycles. The van der Waals surface area contributed by atoms with Crippen molar-refractivity contribution in [2.45, 2.75) is 95.2 Å². The summed E-state index contributed by atoms with van der Waals surface area (Å²) in [5.74, 6) is -3.07. The van der Waals surface area contributed by atoms with Gasteiger partial charge < -0.3 is 9.84 Å². The number of piperidine rings is 2. The van der Waals surface area contributed by atoms with Crippen molar-refractivity contribution < 1.29 is 41.0 Å². The summed E-state index contributed by atoms with van der Waals surface area (Å²) in [6, 6.07) is 7.93. The molecule has 5 rings (SSSR count). The van der Waals surface area contributed by atoms with E-state index in [1.165, 1.54) is 6.07 Å². The Labute approximate surface area is 229 Å². The number of carbonyl (C=O) groups is 1. The number of alkyl halides is 6. The van der Waals surface area contributed by atoms with Crippen LogP contribution in [0.15, 0.2) is 30.3 Å². The maximum absolute atomic E-state index is 14.4. The topological polar surface area (TPSA) is 49.8 Å². The fourth-order valence-corrected chi connectivity index (χ4v) is 7.28. The first-order valence-electron chi connectivity index (χ1n) is 14.2. The van der Waals surface area contributed by atoms with E-state index >= 15 is 0 Å². The minimum absolute atomic E-state index is 0.0284. The molecule has 2 aromatic rings. The molecule has 0 amide bonds. The average Bonchev–Trinajstić information content (AvgIpc) is 2.89. The molecule has 10 heteroatoms. The van der Waals surface area contributed by atoms with Gasteiger partial charge >= 0.3 is 18.3 Å². The Hall–Kier alpha value is -2.49. The smallest absolute Gasteiger partial charge is 0.420 e. The van der Waals surface area contributed by atoms with E-state index in [0.29, 0.717) is 18.2 Å². The predicted octanol–water partition coefficient (Wildman–Crippen LogP) is 8.38. The van der Waals surface area contributed by atoms with E-state index in [4.69, 9.17) is 4.74 Å². The summed E-state index contributed by atoms with van der Waals surface area (Å²) in [4.78, 5) is 14.0. The summed E-state index contributed by atoms with van der Waals surface area (Å²) in [7, 11) is 0. The van der Waals surface area contributed by atoms with Gasteiger partial charge in [-0.15, -0.1) is 0 Å². The number of halogens is 6. The number of hydrogen-bond donors (Lipinski definition) is 1. The zero-order valence-corrected chi connectivity index (χ0v) is 22.4. The van der Waals surface area contributed by atoms with Gasteiger partial charge in [0.05, 0.1) is 18.4 Å². The van der Waals surface area contributed by atoms with E-state index in [9.17, 15) is 36.2 Å². The van der Waals surface area contributed by atoms with Gasteiger partial charge in [-0.1, -0.05) is 24.6 Å². The molecule has 4 nitrogen and oxygen atoms in total. The summed E-state index contributed by atoms with van der Waals surface area (Å²) < 4.78 is 88.0. The fraction of sp³-hybridized carbons (Fsp3) is 0.633. The van der Waals surface area contributed by atoms with Crippen LogP contribution in [0.2, 0.25) is 0 Å². The van der Waals surface area contributed by atoms with Crippen molar-refractivity contribution in [3.8, 4) is 5.75 Å². The van der Waals surface area contributed by atoms with Crippen molar-refractivity contribution in [3.05, 3.63) is 41.5 Å². The largest absolute Gasteiger partial charge is 0.493 e. The van der Waals surface area contributed by atoms with E-state index in [1.54, 1.807) is 18.2 Å². The number of nitrogens with zero attached hydrogens (tertiary/aromatic N) is 1. The van der Waals surface area contributed by atoms with Crippen LogP contribution in [0.4, 0.5) is 26.3 Å². The molecule has 1 aliphatic carbocycles. The molecular formula is C30H35F6NO3. The highest BCUT2D eigenvalue weighted by Gasteiger charge is 2.44. The second-order valence-corrected chi connectivity index (χ2v) is 11.9. The zero-order valence-electron chi connectivity index (χ0n) is 22.4. The summed E-state index contributed by atoms with van der Waals surface area (Å²) in [5, 5.41) is 10.0. The van der Waals surface area contributed by atoms with Crippen molar-refractivity contribution >= 4 is 16.7 Å². The fourth-order valence-electron chi connectivity index (χ4n) is 7.28. The van der Waals surface area contributed by atoms with Crippen LogP contribution in [0, 0.1) is 17.8 Å². The highest BCUT2D eigenvalue weighted by Crippen LogP contribution is 2.46. The first kappa shape index (κ1) is 29.0. The Bertz CT molecular complexity index is 1210. The Morgan fingerprint density at radius 3 is 2.17 bits per heavy atom. The summed E-state index contributed by atoms with van der Waals surface area (Å²) in [6.07, 6.45) is -4.63. The number of ether oxygens (including phenoxy) is 1. The molecule has 2 unspecified atom stereocenters. The first-order chi connectivity index (χ1) is 18.8. The third-order valence-electron chi connectivity index (χ3n) is 9.39. The van der Waals surface area contributed by atoms with Gasteiger partial charge in [-0.25, -0.2) is 0 Å². The predicted molar refractivity (Wildman–Crippen MR) is 138 cm³/mol. The Balaban J connectivity index is 1.39. The van der Waals surface area contributed by atoms with Crippen molar-refractivity contribution in [3.63, 3.8) is 0 Å². The molecule has 2 aromatic carbocycles. The van der Waals surface area contributed by atoms with Crippen molar-refractivity contribution in [1.29, 1.82) is 0 Å². The Morgan fingerprint density at radius 2 is 1.60 bits per heavy atom. The molecule has 0 spiro atoms. The zero-order chi connectivity index (χ0) is 28.8. The van der Waals surface area contributed by atoms with Crippen LogP contribution < -0.4 is 4.74 Å². The van der Waals surface area contributed by atoms with Crippen molar-refractivity contribution in [1.82, 2.24) is 4.90 Å². The monoisotopic (exact) mass is 571 g/mol. The van der Waals surface area contributed by atoms with E-state index in [2.05, 4.69) is 4.90 Å². The summed E-state index contributed by atoms with van der Waals surface area (Å²) in [6.45, 7) is 1.91. The minimum Gasteiger partial charge on any atom is -0.493 e. The lowest BCUT2D eigenvalue weighted by atomic mass is 9.77. The summed E-state index contributed by atoms with van der Waals surface area (Å²) in [5.41, 5.74) is -0.140. The van der Waals surface area contributed by atoms with Crippen LogP contribution in [0.3, 0.4) is 0 Å². The molecule has 1 N–H and O–H groups in total. The lowest BCUT2D eigenvalue weighted by molar-refractivity contribution is -0.184. The van der Waals surface area contributed by atoms with E-state index < -0.39 is 35.7 Å². The van der Waals surface area contributed by atoms with Crippen LogP contribution in [-0.2, 0) is 11.0 Å². The van der Waals surface area contributed by atoms with Crippen LogP contribution in [0.25, 0.3) is 10.8 Å². The number of hydrogen-bond acceptors (Lipinski definition) is 3. The van der Waals surface area contributed by atoms with Crippen LogP contribution in [-0.4, -0.2) is 40.8 Å². The first-order valence-corrected chi connectivity index (χ1v) is 14.2. The molecule has 2 bridgehead atoms. The molecule has 3 atom stereocenters. The molecule has 1 saturated carbocycles. The number of aliphatic carboxylic acids is 1. The molecule has 40 heavy (non-hydrogen) atoms. The van der Waals surface area contributed by atoms with Gasteiger partial charge in [0.25, 0.3) is 0 Å². The highest BCUT2D eigenvalue weighted by atomic mass is 19.4. The molecular weight excluding hydrogens is 536 g/mol. The maximum atomic E-state index is 14.4. The molecule has 3 aliphatic rings. The molecule has 3 fully saturated rings. The van der Waals surface area contributed by atoms with Crippen LogP contribution >= 0.6 is 0 Å². The molecule has 2 heterocycles. The van der Waals surface area contributed by atoms with E-state index in [0.717, 1.165) is 24.8 Å². The van der Waals surface area contributed by atoms with Crippen molar-refractivity contribution in [2.75, 3.05) is 6.61 Å². The lowest BCUT2D eigenvalue weighted by Gasteiger charge is -2.51. The van der Waals surface area contributed by atoms with Crippen LogP contribution in [0.5, 0.6) is 5.75 Å². The lowest BCUT2D eigenvalue weighted by Crippen LogP contribution is -2.53. The second-order valence-electron chi connectivity index (χ2n) is 11.9. The second kappa shape index (κ2) is 11.1. The average molecular weight is 572 g/mol. The van der Waals surface area contributed by atoms with Gasteiger partial charge in [-0.2, -0.15) is 26.3 Å². The van der Waals surface area contributed by atoms with E-state index in [1.807, 2.05) is 13.0 Å². The third kappa shape index (κ3) is 5.92. The normalized spacial score (nSPS) is 28.8. The Morgan fingerprint density at radius 1 is 0.975 bits per heavy atom. The molecule has 0 aromatic heterocycles. The highest BCUT2D eigenvalue weighted by molar-refractivity contribution is 5.89. The van der Waals surface area contributed by atoms with Gasteiger partial charge in [0.15, 0.2) is 0 Å². The van der Waals surface area contributed by atoms with Gasteiger partial charge in [0.1, 0.15) is 11.3 Å². The Kier molecular flexibility index (Phi) is 8.03. The minimum atomic E-state index is -4.69. The standard InChI is InChI=1S/C30H35F6NO3/c1-17(37-23-3-2-4-24(37)14-21(13-23)28(38)39)20-8-7-19-9-12-26(27(25(19)15-20)30(34,35)36)40-16-18-5-10-22(11-6-18)29(31,32)33/h7-9,12,15,17-18,21-24H,2-6,10-11,13-14,16H2,1H3,(H,38,39)/t17-,18?,21?,22?,23?,24?/m1/s1. The number of carboxylic acids is 1. The number of benzene rings is 2. The van der Waals surface area contributed by atoms with E-state index in [-0.39, 0.29) is 67.5 Å². The summed E-state index contributed by atoms with van der Waals surface area (Å²) >= 11 is 0. The molecule has 2 saturated heterocycles. The number of carboxylic acid groups (broad SMARTS) is 1. The van der Waals surface area contributed by atoms with Gasteiger partial charge in [0, 0.05) is 18.1 Å². The van der Waals surface area contributed by atoms with Gasteiger partial charge in [0.2, 0.25) is 0 Å². The number of fused-ring (bicyclic) bond motifs is 3. The van der Waals surface area contributed by atoms with Crippen molar-refractivity contribution in [2.24, 2.45) is 17.8 Å². The third-order valence-corrected chi connectivity index (χ3v) is 9.39. The maximum Gasteiger partial charge on any atom is 0.420 e.